The largest absolute Gasteiger partial charge is 0.507 e. The lowest BCUT2D eigenvalue weighted by molar-refractivity contribution is 0.482. The van der Waals surface area contributed by atoms with E-state index in [1.54, 1.807) is 6.07 Å². The molecule has 1 heterocycles. The van der Waals surface area contributed by atoms with E-state index in [4.69, 9.17) is 0 Å². The highest BCUT2D eigenvalue weighted by Crippen LogP contribution is 2.35. The summed E-state index contributed by atoms with van der Waals surface area (Å²) in [6, 6.07) is 13.6. The van der Waals surface area contributed by atoms with Crippen molar-refractivity contribution in [3.63, 3.8) is 0 Å². The second-order valence-corrected chi connectivity index (χ2v) is 4.46. The predicted octanol–water partition coefficient (Wildman–Crippen LogP) is 3.25. The minimum Gasteiger partial charge on any atom is -0.507 e. The Balaban J connectivity index is 2.43. The van der Waals surface area contributed by atoms with Crippen LogP contribution in [0.1, 0.15) is 5.56 Å². The molecule has 0 aliphatic rings. The number of hydrogen-bond acceptors (Lipinski definition) is 2. The van der Waals surface area contributed by atoms with E-state index in [-0.39, 0.29) is 5.75 Å². The molecule has 3 nitrogen and oxygen atoms in total. The van der Waals surface area contributed by atoms with Crippen LogP contribution in [0.2, 0.25) is 0 Å². The molecule has 90 valence electrons. The highest BCUT2D eigenvalue weighted by molar-refractivity contribution is 5.98. The Morgan fingerprint density at radius 1 is 1.06 bits per heavy atom. The van der Waals surface area contributed by atoms with Crippen LogP contribution in [0, 0.1) is 6.92 Å². The molecule has 18 heavy (non-hydrogen) atoms. The number of phenols is 1. The molecule has 1 aromatic heterocycles. The lowest BCUT2D eigenvalue weighted by Gasteiger charge is -2.07. The number of aromatic nitrogens is 2. The molecule has 3 heteroatoms. The summed E-state index contributed by atoms with van der Waals surface area (Å²) in [5.41, 5.74) is 4.05. The number of nitrogens with zero attached hydrogens (tertiary/aromatic N) is 2. The monoisotopic (exact) mass is 238 g/mol. The number of hydrogen-bond donors (Lipinski definition) is 1. The second-order valence-electron chi connectivity index (χ2n) is 4.46. The summed E-state index contributed by atoms with van der Waals surface area (Å²) in [6.45, 7) is 2.06. The summed E-state index contributed by atoms with van der Waals surface area (Å²) in [5.74, 6) is 0.277. The summed E-state index contributed by atoms with van der Waals surface area (Å²) < 4.78 is 1.83. The first-order chi connectivity index (χ1) is 8.68. The van der Waals surface area contributed by atoms with E-state index in [9.17, 15) is 5.11 Å². The lowest BCUT2D eigenvalue weighted by Crippen LogP contribution is -1.95. The van der Waals surface area contributed by atoms with Gasteiger partial charge in [0, 0.05) is 12.6 Å². The molecular formula is C15H14N2O. The fraction of sp³-hybridized carbons (Fsp3) is 0.133. The van der Waals surface area contributed by atoms with Crippen molar-refractivity contribution in [1.82, 2.24) is 9.78 Å². The SMILES string of the molecule is Cc1ccccc1-c1c2c(O)cccc2nn1C. The van der Waals surface area contributed by atoms with Crippen molar-refractivity contribution in [2.75, 3.05) is 0 Å². The number of phenolic OH excluding ortho intramolecular Hbond substituents is 1. The van der Waals surface area contributed by atoms with Crippen molar-refractivity contribution in [2.24, 2.45) is 7.05 Å². The topological polar surface area (TPSA) is 38.1 Å². The quantitative estimate of drug-likeness (QED) is 0.706. The van der Waals surface area contributed by atoms with Crippen molar-refractivity contribution in [3.05, 3.63) is 48.0 Å². The fourth-order valence-electron chi connectivity index (χ4n) is 2.38. The number of fused-ring (bicyclic) bond motifs is 1. The summed E-state index contributed by atoms with van der Waals surface area (Å²) in [6.07, 6.45) is 0. The van der Waals surface area contributed by atoms with E-state index >= 15 is 0 Å². The maximum Gasteiger partial charge on any atom is 0.127 e. The van der Waals surface area contributed by atoms with Crippen molar-refractivity contribution in [3.8, 4) is 17.0 Å². The molecule has 0 aliphatic carbocycles. The van der Waals surface area contributed by atoms with E-state index in [1.165, 1.54) is 5.56 Å². The Hall–Kier alpha value is -2.29. The van der Waals surface area contributed by atoms with Gasteiger partial charge in [0.15, 0.2) is 0 Å². The summed E-state index contributed by atoms with van der Waals surface area (Å²) in [5, 5.41) is 15.3. The third-order valence-electron chi connectivity index (χ3n) is 3.24. The molecule has 2 aromatic carbocycles. The van der Waals surface area contributed by atoms with Crippen LogP contribution in [0.5, 0.6) is 5.75 Å². The average molecular weight is 238 g/mol. The van der Waals surface area contributed by atoms with Gasteiger partial charge in [-0.2, -0.15) is 5.10 Å². The van der Waals surface area contributed by atoms with Gasteiger partial charge in [-0.1, -0.05) is 30.3 Å². The van der Waals surface area contributed by atoms with Crippen LogP contribution in [0.3, 0.4) is 0 Å². The first-order valence-electron chi connectivity index (χ1n) is 5.89. The standard InChI is InChI=1S/C15H14N2O/c1-10-6-3-4-7-11(10)15-14-12(16-17(15)2)8-5-9-13(14)18/h3-9,18H,1-2H3. The van der Waals surface area contributed by atoms with E-state index in [1.807, 2.05) is 36.0 Å². The van der Waals surface area contributed by atoms with Crippen LogP contribution in [-0.2, 0) is 7.05 Å². The van der Waals surface area contributed by atoms with Gasteiger partial charge in [0.25, 0.3) is 0 Å². The molecule has 0 unspecified atom stereocenters. The van der Waals surface area contributed by atoms with Crippen molar-refractivity contribution in [2.45, 2.75) is 6.92 Å². The summed E-state index contributed by atoms with van der Waals surface area (Å²) in [4.78, 5) is 0. The second kappa shape index (κ2) is 3.88. The van der Waals surface area contributed by atoms with Gasteiger partial charge in [-0.15, -0.1) is 0 Å². The van der Waals surface area contributed by atoms with Gasteiger partial charge in [-0.3, -0.25) is 4.68 Å². The number of aryl methyl sites for hydroxylation is 2. The van der Waals surface area contributed by atoms with Crippen molar-refractivity contribution in [1.29, 1.82) is 0 Å². The normalized spacial score (nSPS) is 11.0. The zero-order chi connectivity index (χ0) is 12.7. The molecule has 0 amide bonds. The lowest BCUT2D eigenvalue weighted by atomic mass is 10.0. The number of rotatable bonds is 1. The van der Waals surface area contributed by atoms with Gasteiger partial charge in [-0.25, -0.2) is 0 Å². The molecule has 1 N–H and O–H groups in total. The molecule has 3 aromatic rings. The molecule has 0 spiro atoms. The molecule has 0 atom stereocenters. The van der Waals surface area contributed by atoms with E-state index in [0.717, 1.165) is 22.2 Å². The summed E-state index contributed by atoms with van der Waals surface area (Å²) in [7, 11) is 1.90. The third kappa shape index (κ3) is 1.48. The minimum absolute atomic E-state index is 0.277. The third-order valence-corrected chi connectivity index (χ3v) is 3.24. The Morgan fingerprint density at radius 2 is 1.83 bits per heavy atom. The average Bonchev–Trinajstić information content (AvgIpc) is 2.68. The van der Waals surface area contributed by atoms with Gasteiger partial charge in [0.05, 0.1) is 16.6 Å². The zero-order valence-corrected chi connectivity index (χ0v) is 10.4. The fourth-order valence-corrected chi connectivity index (χ4v) is 2.38. The van der Waals surface area contributed by atoms with E-state index < -0.39 is 0 Å². The molecule has 0 aliphatic heterocycles. The van der Waals surface area contributed by atoms with Crippen LogP contribution >= 0.6 is 0 Å². The molecular weight excluding hydrogens is 224 g/mol. The van der Waals surface area contributed by atoms with Gasteiger partial charge < -0.3 is 5.11 Å². The number of benzene rings is 2. The van der Waals surface area contributed by atoms with Crippen LogP contribution in [0.15, 0.2) is 42.5 Å². The van der Waals surface area contributed by atoms with Crippen molar-refractivity contribution >= 4 is 10.9 Å². The van der Waals surface area contributed by atoms with Gasteiger partial charge in [-0.05, 0) is 24.6 Å². The molecule has 3 rings (SSSR count). The highest BCUT2D eigenvalue weighted by Gasteiger charge is 2.15. The number of aromatic hydroxyl groups is 1. The van der Waals surface area contributed by atoms with Gasteiger partial charge >= 0.3 is 0 Å². The van der Waals surface area contributed by atoms with Gasteiger partial charge in [0.1, 0.15) is 5.75 Å². The maximum absolute atomic E-state index is 10.1. The summed E-state index contributed by atoms with van der Waals surface area (Å²) >= 11 is 0. The van der Waals surface area contributed by atoms with E-state index in [0.29, 0.717) is 0 Å². The van der Waals surface area contributed by atoms with E-state index in [2.05, 4.69) is 24.2 Å². The Morgan fingerprint density at radius 3 is 2.61 bits per heavy atom. The van der Waals surface area contributed by atoms with Crippen LogP contribution in [-0.4, -0.2) is 14.9 Å². The molecule has 0 fully saturated rings. The molecule has 0 saturated heterocycles. The molecule has 0 radical (unpaired) electrons. The predicted molar refractivity (Wildman–Crippen MR) is 72.6 cm³/mol. The first-order valence-corrected chi connectivity index (χ1v) is 5.89. The minimum atomic E-state index is 0.277. The van der Waals surface area contributed by atoms with Crippen molar-refractivity contribution < 1.29 is 5.11 Å². The first kappa shape index (κ1) is 10.8. The molecule has 0 saturated carbocycles. The zero-order valence-electron chi connectivity index (χ0n) is 10.4. The Bertz CT molecular complexity index is 728. The van der Waals surface area contributed by atoms with Crippen LogP contribution < -0.4 is 0 Å². The molecule has 0 bridgehead atoms. The van der Waals surface area contributed by atoms with Crippen LogP contribution in [0.4, 0.5) is 0 Å². The Labute approximate surface area is 105 Å². The Kier molecular flexibility index (Phi) is 2.33. The smallest absolute Gasteiger partial charge is 0.127 e. The highest BCUT2D eigenvalue weighted by atomic mass is 16.3. The van der Waals surface area contributed by atoms with Gasteiger partial charge in [0.2, 0.25) is 0 Å². The van der Waals surface area contributed by atoms with Crippen LogP contribution in [0.25, 0.3) is 22.2 Å². The maximum atomic E-state index is 10.1.